The Hall–Kier alpha value is -2.87. The summed E-state index contributed by atoms with van der Waals surface area (Å²) >= 11 is 1.32. The minimum atomic E-state index is -0.120. The lowest BCUT2D eigenvalue weighted by Gasteiger charge is -2.09. The molecule has 0 saturated carbocycles. The molecule has 0 spiro atoms. The second kappa shape index (κ2) is 8.01. The van der Waals surface area contributed by atoms with Crippen molar-refractivity contribution in [3.63, 3.8) is 0 Å². The van der Waals surface area contributed by atoms with Crippen molar-refractivity contribution in [2.24, 2.45) is 0 Å². The first-order valence-corrected chi connectivity index (χ1v) is 8.96. The Kier molecular flexibility index (Phi) is 5.52. The van der Waals surface area contributed by atoms with Crippen molar-refractivity contribution in [3.05, 3.63) is 54.1 Å². The number of aryl methyl sites for hydroxylation is 2. The average Bonchev–Trinajstić information content (AvgIpc) is 2.99. The number of carbonyl (C=O) groups is 1. The van der Waals surface area contributed by atoms with Crippen molar-refractivity contribution in [2.75, 3.05) is 18.2 Å². The SMILES string of the molecule is COc1ccc(NC(=O)CSc2nccnc2-n2nc(C)cc2C)cc1. The van der Waals surface area contributed by atoms with Crippen LogP contribution in [0.15, 0.2) is 47.8 Å². The minimum Gasteiger partial charge on any atom is -0.497 e. The van der Waals surface area contributed by atoms with E-state index in [4.69, 9.17) is 4.74 Å². The summed E-state index contributed by atoms with van der Waals surface area (Å²) in [6.45, 7) is 3.88. The molecule has 2 aromatic heterocycles. The van der Waals surface area contributed by atoms with Crippen LogP contribution in [0.5, 0.6) is 5.75 Å². The molecule has 1 aromatic carbocycles. The summed E-state index contributed by atoms with van der Waals surface area (Å²) in [6, 6.07) is 9.16. The van der Waals surface area contributed by atoms with Crippen molar-refractivity contribution in [1.29, 1.82) is 0 Å². The van der Waals surface area contributed by atoms with E-state index in [1.54, 1.807) is 48.5 Å². The molecule has 0 unspecified atom stereocenters. The highest BCUT2D eigenvalue weighted by Gasteiger charge is 2.13. The molecule has 0 atom stereocenters. The van der Waals surface area contributed by atoms with E-state index in [0.29, 0.717) is 16.5 Å². The Balaban J connectivity index is 1.68. The third kappa shape index (κ3) is 4.20. The Morgan fingerprint density at radius 1 is 1.19 bits per heavy atom. The molecule has 3 aromatic rings. The van der Waals surface area contributed by atoms with Gasteiger partial charge in [-0.3, -0.25) is 4.79 Å². The van der Waals surface area contributed by atoms with Crippen molar-refractivity contribution >= 4 is 23.4 Å². The number of carbonyl (C=O) groups excluding carboxylic acids is 1. The number of thioether (sulfide) groups is 1. The minimum absolute atomic E-state index is 0.120. The number of ether oxygens (including phenoxy) is 1. The van der Waals surface area contributed by atoms with Crippen LogP contribution in [0.3, 0.4) is 0 Å². The molecule has 0 bridgehead atoms. The van der Waals surface area contributed by atoms with Gasteiger partial charge in [0.2, 0.25) is 5.91 Å². The fourth-order valence-corrected chi connectivity index (χ4v) is 3.16. The van der Waals surface area contributed by atoms with Crippen molar-refractivity contribution in [3.8, 4) is 11.6 Å². The van der Waals surface area contributed by atoms with Crippen LogP contribution < -0.4 is 10.1 Å². The van der Waals surface area contributed by atoms with Gasteiger partial charge in [0, 0.05) is 23.8 Å². The molecule has 0 aliphatic heterocycles. The van der Waals surface area contributed by atoms with E-state index in [0.717, 1.165) is 17.1 Å². The molecule has 8 heteroatoms. The summed E-state index contributed by atoms with van der Waals surface area (Å²) in [6.07, 6.45) is 3.23. The monoisotopic (exact) mass is 369 g/mol. The fourth-order valence-electron chi connectivity index (χ4n) is 2.41. The van der Waals surface area contributed by atoms with E-state index in [1.807, 2.05) is 19.9 Å². The Morgan fingerprint density at radius 3 is 2.58 bits per heavy atom. The van der Waals surface area contributed by atoms with Gasteiger partial charge in [0.15, 0.2) is 5.82 Å². The summed E-state index contributed by atoms with van der Waals surface area (Å²) in [5, 5.41) is 7.95. The zero-order chi connectivity index (χ0) is 18.5. The van der Waals surface area contributed by atoms with Crippen LogP contribution in [-0.4, -0.2) is 38.5 Å². The predicted molar refractivity (Wildman–Crippen MR) is 101 cm³/mol. The molecule has 7 nitrogen and oxygen atoms in total. The van der Waals surface area contributed by atoms with Crippen molar-refractivity contribution in [2.45, 2.75) is 18.9 Å². The first kappa shape index (κ1) is 17.9. The van der Waals surface area contributed by atoms with Crippen molar-refractivity contribution < 1.29 is 9.53 Å². The van der Waals surface area contributed by atoms with E-state index >= 15 is 0 Å². The van der Waals surface area contributed by atoms with Crippen LogP contribution in [0.25, 0.3) is 5.82 Å². The van der Waals surface area contributed by atoms with E-state index in [-0.39, 0.29) is 11.7 Å². The number of anilines is 1. The van der Waals surface area contributed by atoms with Gasteiger partial charge in [-0.05, 0) is 44.2 Å². The van der Waals surface area contributed by atoms with E-state index < -0.39 is 0 Å². The maximum absolute atomic E-state index is 12.2. The van der Waals surface area contributed by atoms with Crippen LogP contribution in [0.1, 0.15) is 11.4 Å². The third-order valence-corrected chi connectivity index (χ3v) is 4.54. The Labute approximate surface area is 155 Å². The van der Waals surface area contributed by atoms with Crippen LogP contribution in [-0.2, 0) is 4.79 Å². The molecule has 134 valence electrons. The molecule has 1 amide bonds. The normalized spacial score (nSPS) is 10.6. The van der Waals surface area contributed by atoms with Gasteiger partial charge in [0.05, 0.1) is 18.6 Å². The van der Waals surface area contributed by atoms with E-state index in [9.17, 15) is 4.79 Å². The number of nitrogens with one attached hydrogen (secondary N) is 1. The van der Waals surface area contributed by atoms with Gasteiger partial charge in [-0.1, -0.05) is 11.8 Å². The molecule has 0 fully saturated rings. The van der Waals surface area contributed by atoms with Gasteiger partial charge in [-0.25, -0.2) is 14.6 Å². The van der Waals surface area contributed by atoms with E-state index in [1.165, 1.54) is 11.8 Å². The number of aromatic nitrogens is 4. The molecule has 0 aliphatic rings. The highest BCUT2D eigenvalue weighted by molar-refractivity contribution is 8.00. The lowest BCUT2D eigenvalue weighted by molar-refractivity contribution is -0.113. The quantitative estimate of drug-likeness (QED) is 0.673. The van der Waals surface area contributed by atoms with Gasteiger partial charge in [0.1, 0.15) is 10.8 Å². The highest BCUT2D eigenvalue weighted by atomic mass is 32.2. The second-order valence-corrected chi connectivity index (χ2v) is 6.55. The van der Waals surface area contributed by atoms with Gasteiger partial charge in [-0.15, -0.1) is 0 Å². The predicted octanol–water partition coefficient (Wildman–Crippen LogP) is 3.02. The molecule has 3 rings (SSSR count). The molecular formula is C18H19N5O2S. The van der Waals surface area contributed by atoms with Gasteiger partial charge < -0.3 is 10.1 Å². The average molecular weight is 369 g/mol. The van der Waals surface area contributed by atoms with Crippen LogP contribution in [0.2, 0.25) is 0 Å². The van der Waals surface area contributed by atoms with Crippen LogP contribution >= 0.6 is 11.8 Å². The van der Waals surface area contributed by atoms with Gasteiger partial charge >= 0.3 is 0 Å². The summed E-state index contributed by atoms with van der Waals surface area (Å²) in [5.41, 5.74) is 2.59. The van der Waals surface area contributed by atoms with Gasteiger partial charge in [-0.2, -0.15) is 5.10 Å². The maximum atomic E-state index is 12.2. The molecule has 2 heterocycles. The summed E-state index contributed by atoms with van der Waals surface area (Å²) < 4.78 is 6.85. The van der Waals surface area contributed by atoms with Crippen LogP contribution in [0.4, 0.5) is 5.69 Å². The summed E-state index contributed by atoms with van der Waals surface area (Å²) in [4.78, 5) is 21.0. The number of rotatable bonds is 6. The summed E-state index contributed by atoms with van der Waals surface area (Å²) in [5.74, 6) is 1.47. The van der Waals surface area contributed by atoms with Crippen LogP contribution in [0, 0.1) is 13.8 Å². The number of hydrogen-bond acceptors (Lipinski definition) is 6. The first-order chi connectivity index (χ1) is 12.6. The summed E-state index contributed by atoms with van der Waals surface area (Å²) in [7, 11) is 1.60. The zero-order valence-electron chi connectivity index (χ0n) is 14.8. The molecule has 0 aliphatic carbocycles. The smallest absolute Gasteiger partial charge is 0.234 e. The largest absolute Gasteiger partial charge is 0.497 e. The molecular weight excluding hydrogens is 350 g/mol. The molecule has 26 heavy (non-hydrogen) atoms. The number of methoxy groups -OCH3 is 1. The Morgan fingerprint density at radius 2 is 1.92 bits per heavy atom. The number of hydrogen-bond donors (Lipinski definition) is 1. The van der Waals surface area contributed by atoms with Gasteiger partial charge in [0.25, 0.3) is 0 Å². The Bertz CT molecular complexity index is 908. The number of amides is 1. The molecule has 0 saturated heterocycles. The standard InChI is InChI=1S/C18H19N5O2S/c1-12-10-13(2)23(22-12)17-18(20-9-8-19-17)26-11-16(24)21-14-4-6-15(25-3)7-5-14/h4-10H,11H2,1-3H3,(H,21,24). The molecule has 1 N–H and O–H groups in total. The number of benzene rings is 1. The first-order valence-electron chi connectivity index (χ1n) is 7.98. The van der Waals surface area contributed by atoms with E-state index in [2.05, 4.69) is 20.4 Å². The highest BCUT2D eigenvalue weighted by Crippen LogP contribution is 2.23. The lowest BCUT2D eigenvalue weighted by Crippen LogP contribution is -2.14. The topological polar surface area (TPSA) is 81.9 Å². The zero-order valence-corrected chi connectivity index (χ0v) is 15.6. The maximum Gasteiger partial charge on any atom is 0.234 e. The fraction of sp³-hybridized carbons (Fsp3) is 0.222. The third-order valence-electron chi connectivity index (χ3n) is 3.57. The lowest BCUT2D eigenvalue weighted by atomic mass is 10.3. The van der Waals surface area contributed by atoms with Crippen molar-refractivity contribution in [1.82, 2.24) is 19.7 Å². The second-order valence-electron chi connectivity index (χ2n) is 5.59. The number of nitrogens with zero attached hydrogens (tertiary/aromatic N) is 4. The molecule has 0 radical (unpaired) electrons.